The molecular weight excluding hydrogens is 239 g/mol. The number of aliphatic hydroxyl groups is 1. The summed E-state index contributed by atoms with van der Waals surface area (Å²) in [6.07, 6.45) is 0. The third-order valence-corrected chi connectivity index (χ3v) is 4.50. The number of aliphatic hydroxyl groups excluding tert-OH is 1. The fourth-order valence-electron chi connectivity index (χ4n) is 1.59. The molecule has 0 spiro atoms. The molecule has 96 valence electrons. The van der Waals surface area contributed by atoms with E-state index in [9.17, 15) is 9.67 Å². The highest BCUT2D eigenvalue weighted by Gasteiger charge is 2.35. The molecule has 0 unspecified atom stereocenters. The summed E-state index contributed by atoms with van der Waals surface area (Å²) in [5.41, 5.74) is 1.44. The molecule has 1 atom stereocenters. The van der Waals surface area contributed by atoms with E-state index in [2.05, 4.69) is 0 Å². The Morgan fingerprint density at radius 3 is 2.24 bits per heavy atom. The molecule has 0 saturated heterocycles. The minimum Gasteiger partial charge on any atom is -0.376 e. The molecule has 0 fully saturated rings. The van der Waals surface area contributed by atoms with Crippen LogP contribution in [-0.4, -0.2) is 18.3 Å². The van der Waals surface area contributed by atoms with Crippen molar-refractivity contribution in [2.45, 2.75) is 26.6 Å². The summed E-state index contributed by atoms with van der Waals surface area (Å²) in [4.78, 5) is 0. The van der Waals surface area contributed by atoms with E-state index in [-0.39, 0.29) is 13.2 Å². The second kappa shape index (κ2) is 6.31. The number of aryl methyl sites for hydroxylation is 1. The smallest absolute Gasteiger partial charge is 0.363 e. The van der Waals surface area contributed by atoms with E-state index in [1.54, 1.807) is 26.0 Å². The van der Waals surface area contributed by atoms with Crippen molar-refractivity contribution in [3.05, 3.63) is 35.4 Å². The summed E-state index contributed by atoms with van der Waals surface area (Å²) >= 11 is 0. The van der Waals surface area contributed by atoms with Crippen molar-refractivity contribution in [3.8, 4) is 0 Å². The molecule has 17 heavy (non-hydrogen) atoms. The van der Waals surface area contributed by atoms with Gasteiger partial charge in [-0.2, -0.15) is 0 Å². The zero-order valence-electron chi connectivity index (χ0n) is 10.4. The van der Waals surface area contributed by atoms with Gasteiger partial charge in [0, 0.05) is 0 Å². The van der Waals surface area contributed by atoms with Crippen molar-refractivity contribution in [2.75, 3.05) is 13.2 Å². The normalized spacial score (nSPS) is 13.6. The molecule has 0 aliphatic rings. The zero-order chi connectivity index (χ0) is 12.9. The molecule has 4 nitrogen and oxygen atoms in total. The summed E-state index contributed by atoms with van der Waals surface area (Å²) in [5, 5.41) is 10.2. The van der Waals surface area contributed by atoms with Gasteiger partial charge in [-0.05, 0) is 31.9 Å². The van der Waals surface area contributed by atoms with Crippen LogP contribution in [0.3, 0.4) is 0 Å². The van der Waals surface area contributed by atoms with Crippen LogP contribution in [0.4, 0.5) is 0 Å². The van der Waals surface area contributed by atoms with Crippen LogP contribution in [-0.2, 0) is 13.6 Å². The van der Waals surface area contributed by atoms with E-state index in [1.165, 1.54) is 0 Å². The Labute approximate surface area is 102 Å². The fraction of sp³-hybridized carbons (Fsp3) is 0.500. The van der Waals surface area contributed by atoms with Crippen LogP contribution in [0.1, 0.15) is 30.8 Å². The Balaban J connectivity index is 3.04. The van der Waals surface area contributed by atoms with Crippen molar-refractivity contribution in [1.82, 2.24) is 0 Å². The molecule has 1 aromatic carbocycles. The maximum atomic E-state index is 12.4. The van der Waals surface area contributed by atoms with Crippen LogP contribution in [0.5, 0.6) is 0 Å². The highest BCUT2D eigenvalue weighted by molar-refractivity contribution is 7.54. The quantitative estimate of drug-likeness (QED) is 0.796. The van der Waals surface area contributed by atoms with E-state index < -0.39 is 13.4 Å². The lowest BCUT2D eigenvalue weighted by molar-refractivity contribution is 0.150. The van der Waals surface area contributed by atoms with E-state index in [0.717, 1.165) is 5.56 Å². The lowest BCUT2D eigenvalue weighted by Gasteiger charge is -2.23. The maximum Gasteiger partial charge on any atom is 0.363 e. The Kier molecular flexibility index (Phi) is 5.34. The van der Waals surface area contributed by atoms with Gasteiger partial charge in [-0.3, -0.25) is 4.57 Å². The molecule has 0 amide bonds. The number of rotatable bonds is 6. The second-order valence-electron chi connectivity index (χ2n) is 3.61. The predicted molar refractivity (Wildman–Crippen MR) is 67.0 cm³/mol. The van der Waals surface area contributed by atoms with Gasteiger partial charge in [0.05, 0.1) is 13.2 Å². The Hall–Kier alpha value is -0.670. The minimum absolute atomic E-state index is 0.236. The molecule has 1 rings (SSSR count). The van der Waals surface area contributed by atoms with E-state index in [0.29, 0.717) is 5.56 Å². The first-order valence-corrected chi connectivity index (χ1v) is 7.28. The van der Waals surface area contributed by atoms with E-state index in [4.69, 9.17) is 9.05 Å². The van der Waals surface area contributed by atoms with Crippen LogP contribution in [0.25, 0.3) is 0 Å². The van der Waals surface area contributed by atoms with E-state index in [1.807, 2.05) is 19.1 Å². The van der Waals surface area contributed by atoms with Gasteiger partial charge in [0.25, 0.3) is 0 Å². The molecular formula is C12H19O4P. The van der Waals surface area contributed by atoms with Crippen molar-refractivity contribution in [2.24, 2.45) is 0 Å². The van der Waals surface area contributed by atoms with Crippen LogP contribution in [0.2, 0.25) is 0 Å². The largest absolute Gasteiger partial charge is 0.376 e. The van der Waals surface area contributed by atoms with Gasteiger partial charge in [0.2, 0.25) is 0 Å². The minimum atomic E-state index is -3.50. The Morgan fingerprint density at radius 1 is 1.24 bits per heavy atom. The van der Waals surface area contributed by atoms with Gasteiger partial charge >= 0.3 is 7.60 Å². The van der Waals surface area contributed by atoms with Crippen LogP contribution in [0, 0.1) is 6.92 Å². The average molecular weight is 258 g/mol. The standard InChI is InChI=1S/C12H19O4P/c1-4-15-17(14,16-5-2)12(13)11-9-7-6-8-10(11)3/h6-9,12-13H,4-5H2,1-3H3/t12-/m0/s1. The summed E-state index contributed by atoms with van der Waals surface area (Å²) in [5.74, 6) is -1.23. The van der Waals surface area contributed by atoms with Gasteiger partial charge < -0.3 is 14.2 Å². The molecule has 0 aliphatic heterocycles. The number of hydrogen-bond donors (Lipinski definition) is 1. The van der Waals surface area contributed by atoms with Crippen molar-refractivity contribution < 1.29 is 18.7 Å². The highest BCUT2D eigenvalue weighted by atomic mass is 31.2. The third kappa shape index (κ3) is 3.39. The first kappa shape index (κ1) is 14.4. The van der Waals surface area contributed by atoms with E-state index >= 15 is 0 Å². The molecule has 5 heteroatoms. The molecule has 0 bridgehead atoms. The van der Waals surface area contributed by atoms with Crippen molar-refractivity contribution >= 4 is 7.60 Å². The number of hydrogen-bond acceptors (Lipinski definition) is 4. The fourth-order valence-corrected chi connectivity index (χ4v) is 3.29. The van der Waals surface area contributed by atoms with Gasteiger partial charge in [-0.1, -0.05) is 24.3 Å². The first-order valence-electron chi connectivity index (χ1n) is 5.67. The van der Waals surface area contributed by atoms with Crippen LogP contribution >= 0.6 is 7.60 Å². The summed E-state index contributed by atoms with van der Waals surface area (Å²) < 4.78 is 22.6. The lowest BCUT2D eigenvalue weighted by atomic mass is 10.1. The summed E-state index contributed by atoms with van der Waals surface area (Å²) in [6.45, 7) is 5.76. The molecule has 0 aliphatic carbocycles. The first-order chi connectivity index (χ1) is 8.05. The maximum absolute atomic E-state index is 12.4. The molecule has 0 radical (unpaired) electrons. The van der Waals surface area contributed by atoms with Gasteiger partial charge in [0.15, 0.2) is 5.85 Å². The summed E-state index contributed by atoms with van der Waals surface area (Å²) in [7, 11) is -3.50. The monoisotopic (exact) mass is 258 g/mol. The molecule has 1 aromatic rings. The summed E-state index contributed by atoms with van der Waals surface area (Å²) in [6, 6.07) is 7.22. The second-order valence-corrected chi connectivity index (χ2v) is 5.69. The topological polar surface area (TPSA) is 55.8 Å². The van der Waals surface area contributed by atoms with Crippen molar-refractivity contribution in [3.63, 3.8) is 0 Å². The predicted octanol–water partition coefficient (Wildman–Crippen LogP) is 3.25. The SMILES string of the molecule is CCOP(=O)(OCC)[C@H](O)c1ccccc1C. The van der Waals surface area contributed by atoms with Crippen molar-refractivity contribution in [1.29, 1.82) is 0 Å². The molecule has 0 heterocycles. The van der Waals surface area contributed by atoms with Gasteiger partial charge in [-0.15, -0.1) is 0 Å². The number of benzene rings is 1. The Bertz CT molecular complexity index is 395. The van der Waals surface area contributed by atoms with Gasteiger partial charge in [0.1, 0.15) is 0 Å². The lowest BCUT2D eigenvalue weighted by Crippen LogP contribution is -2.07. The van der Waals surface area contributed by atoms with Crippen LogP contribution in [0.15, 0.2) is 24.3 Å². The van der Waals surface area contributed by atoms with Crippen LogP contribution < -0.4 is 0 Å². The molecule has 1 N–H and O–H groups in total. The van der Waals surface area contributed by atoms with Gasteiger partial charge in [-0.25, -0.2) is 0 Å². The Morgan fingerprint density at radius 2 is 1.76 bits per heavy atom. The highest BCUT2D eigenvalue weighted by Crippen LogP contribution is 2.59. The molecule has 0 saturated carbocycles. The molecule has 0 aromatic heterocycles. The third-order valence-electron chi connectivity index (χ3n) is 2.38. The zero-order valence-corrected chi connectivity index (χ0v) is 11.3. The average Bonchev–Trinajstić information content (AvgIpc) is 2.29.